The van der Waals surface area contributed by atoms with E-state index in [9.17, 15) is 0 Å². The van der Waals surface area contributed by atoms with E-state index in [1.807, 2.05) is 7.05 Å². The van der Waals surface area contributed by atoms with E-state index in [4.69, 9.17) is 0 Å². The summed E-state index contributed by atoms with van der Waals surface area (Å²) in [5, 5.41) is 3.35. The number of benzene rings is 1. The Hall–Kier alpha value is -0.820. The van der Waals surface area contributed by atoms with Gasteiger partial charge < -0.3 is 5.32 Å². The molecular formula is C13H21N. The molecule has 1 aromatic rings. The fourth-order valence-electron chi connectivity index (χ4n) is 1.77. The predicted molar refractivity (Wildman–Crippen MR) is 62.7 cm³/mol. The van der Waals surface area contributed by atoms with Crippen LogP contribution in [-0.4, -0.2) is 7.05 Å². The number of hydrogen-bond donors (Lipinski definition) is 1. The second kappa shape index (κ2) is 3.74. The lowest BCUT2D eigenvalue weighted by atomic mass is 9.87. The Kier molecular flexibility index (Phi) is 3.01. The molecule has 0 fully saturated rings. The molecule has 0 spiro atoms. The molecule has 1 rings (SSSR count). The first-order valence-electron chi connectivity index (χ1n) is 5.16. The summed E-state index contributed by atoms with van der Waals surface area (Å²) in [6.45, 7) is 11.0. The molecule has 0 aliphatic rings. The SMILES string of the molecule is CNC(C)(C)c1ccc(C)c(C)c1C. The van der Waals surface area contributed by atoms with Gasteiger partial charge in [-0.25, -0.2) is 0 Å². The smallest absolute Gasteiger partial charge is 0.0377 e. The van der Waals surface area contributed by atoms with Gasteiger partial charge >= 0.3 is 0 Å². The average molecular weight is 191 g/mol. The van der Waals surface area contributed by atoms with E-state index in [1.165, 1.54) is 22.3 Å². The summed E-state index contributed by atoms with van der Waals surface area (Å²) >= 11 is 0. The summed E-state index contributed by atoms with van der Waals surface area (Å²) in [4.78, 5) is 0. The molecule has 1 N–H and O–H groups in total. The maximum atomic E-state index is 3.35. The first kappa shape index (κ1) is 11.3. The van der Waals surface area contributed by atoms with Gasteiger partial charge in [-0.3, -0.25) is 0 Å². The molecule has 1 nitrogen and oxygen atoms in total. The van der Waals surface area contributed by atoms with Crippen LogP contribution in [0.3, 0.4) is 0 Å². The van der Waals surface area contributed by atoms with Crippen molar-refractivity contribution in [2.75, 3.05) is 7.05 Å². The normalized spacial score (nSPS) is 11.9. The molecule has 0 unspecified atom stereocenters. The van der Waals surface area contributed by atoms with Gasteiger partial charge in [0.2, 0.25) is 0 Å². The number of nitrogens with one attached hydrogen (secondary N) is 1. The average Bonchev–Trinajstić information content (AvgIpc) is 2.14. The van der Waals surface area contributed by atoms with Crippen molar-refractivity contribution >= 4 is 0 Å². The minimum Gasteiger partial charge on any atom is -0.311 e. The molecule has 0 aromatic heterocycles. The number of hydrogen-bond acceptors (Lipinski definition) is 1. The van der Waals surface area contributed by atoms with Gasteiger partial charge in [0.15, 0.2) is 0 Å². The summed E-state index contributed by atoms with van der Waals surface area (Å²) in [5.74, 6) is 0. The van der Waals surface area contributed by atoms with E-state index < -0.39 is 0 Å². The van der Waals surface area contributed by atoms with Crippen LogP contribution >= 0.6 is 0 Å². The lowest BCUT2D eigenvalue weighted by molar-refractivity contribution is 0.442. The molecule has 78 valence electrons. The van der Waals surface area contributed by atoms with Crippen molar-refractivity contribution in [2.24, 2.45) is 0 Å². The van der Waals surface area contributed by atoms with Crippen molar-refractivity contribution in [3.05, 3.63) is 34.4 Å². The van der Waals surface area contributed by atoms with Crippen molar-refractivity contribution in [3.8, 4) is 0 Å². The molecule has 1 heteroatoms. The van der Waals surface area contributed by atoms with E-state index in [2.05, 4.69) is 52.1 Å². The Balaban J connectivity index is 3.31. The fraction of sp³-hybridized carbons (Fsp3) is 0.538. The van der Waals surface area contributed by atoms with E-state index in [0.29, 0.717) is 0 Å². The van der Waals surface area contributed by atoms with E-state index in [-0.39, 0.29) is 5.54 Å². The maximum Gasteiger partial charge on any atom is 0.0377 e. The zero-order valence-electron chi connectivity index (χ0n) is 10.2. The fourth-order valence-corrected chi connectivity index (χ4v) is 1.77. The molecule has 0 amide bonds. The zero-order valence-corrected chi connectivity index (χ0v) is 10.2. The third-order valence-corrected chi connectivity index (χ3v) is 3.36. The zero-order chi connectivity index (χ0) is 10.9. The molecule has 0 saturated heterocycles. The van der Waals surface area contributed by atoms with Gasteiger partial charge in [-0.2, -0.15) is 0 Å². The second-order valence-electron chi connectivity index (χ2n) is 4.56. The summed E-state index contributed by atoms with van der Waals surface area (Å²) < 4.78 is 0. The third-order valence-electron chi connectivity index (χ3n) is 3.36. The molecule has 0 saturated carbocycles. The minimum absolute atomic E-state index is 0.0581. The summed E-state index contributed by atoms with van der Waals surface area (Å²) in [6.07, 6.45) is 0. The van der Waals surface area contributed by atoms with Crippen LogP contribution in [0.1, 0.15) is 36.1 Å². The van der Waals surface area contributed by atoms with E-state index in [0.717, 1.165) is 0 Å². The van der Waals surface area contributed by atoms with Gasteiger partial charge in [0, 0.05) is 5.54 Å². The Labute approximate surface area is 87.5 Å². The molecule has 0 aliphatic carbocycles. The number of aryl methyl sites for hydroxylation is 1. The highest BCUT2D eigenvalue weighted by molar-refractivity contribution is 5.41. The van der Waals surface area contributed by atoms with Crippen LogP contribution in [0.15, 0.2) is 12.1 Å². The highest BCUT2D eigenvalue weighted by atomic mass is 14.9. The van der Waals surface area contributed by atoms with E-state index >= 15 is 0 Å². The molecule has 0 bridgehead atoms. The van der Waals surface area contributed by atoms with Crippen LogP contribution in [0, 0.1) is 20.8 Å². The predicted octanol–water partition coefficient (Wildman–Crippen LogP) is 3.07. The highest BCUT2D eigenvalue weighted by Gasteiger charge is 2.20. The summed E-state index contributed by atoms with van der Waals surface area (Å²) in [7, 11) is 2.01. The minimum atomic E-state index is 0.0581. The first-order valence-corrected chi connectivity index (χ1v) is 5.16. The first-order chi connectivity index (χ1) is 6.40. The molecule has 14 heavy (non-hydrogen) atoms. The van der Waals surface area contributed by atoms with Crippen LogP contribution in [0.5, 0.6) is 0 Å². The van der Waals surface area contributed by atoms with Crippen molar-refractivity contribution in [1.29, 1.82) is 0 Å². The standard InChI is InChI=1S/C13H21N/c1-9-7-8-12(11(3)10(9)2)13(4,5)14-6/h7-8,14H,1-6H3. The molecule has 1 aromatic carbocycles. The van der Waals surface area contributed by atoms with Crippen LogP contribution in [0.2, 0.25) is 0 Å². The van der Waals surface area contributed by atoms with Gasteiger partial charge in [-0.05, 0) is 63.9 Å². The molecule has 0 heterocycles. The number of rotatable bonds is 2. The van der Waals surface area contributed by atoms with Crippen molar-refractivity contribution in [2.45, 2.75) is 40.2 Å². The van der Waals surface area contributed by atoms with E-state index in [1.54, 1.807) is 0 Å². The van der Waals surface area contributed by atoms with Gasteiger partial charge in [0.1, 0.15) is 0 Å². The lowest BCUT2D eigenvalue weighted by Crippen LogP contribution is -2.34. The molecular weight excluding hydrogens is 170 g/mol. The Morgan fingerprint density at radius 2 is 1.57 bits per heavy atom. The largest absolute Gasteiger partial charge is 0.311 e. The van der Waals surface area contributed by atoms with Crippen LogP contribution in [0.25, 0.3) is 0 Å². The topological polar surface area (TPSA) is 12.0 Å². The summed E-state index contributed by atoms with van der Waals surface area (Å²) in [6, 6.07) is 4.44. The monoisotopic (exact) mass is 191 g/mol. The van der Waals surface area contributed by atoms with Crippen molar-refractivity contribution in [1.82, 2.24) is 5.32 Å². The van der Waals surface area contributed by atoms with Crippen LogP contribution in [-0.2, 0) is 5.54 Å². The maximum absolute atomic E-state index is 3.35. The third kappa shape index (κ3) is 1.83. The highest BCUT2D eigenvalue weighted by Crippen LogP contribution is 2.26. The van der Waals surface area contributed by atoms with Crippen molar-refractivity contribution < 1.29 is 0 Å². The summed E-state index contributed by atoms with van der Waals surface area (Å²) in [5.41, 5.74) is 5.64. The lowest BCUT2D eigenvalue weighted by Gasteiger charge is -2.28. The Morgan fingerprint density at radius 1 is 1.00 bits per heavy atom. The quantitative estimate of drug-likeness (QED) is 0.757. The molecule has 0 radical (unpaired) electrons. The molecule has 0 atom stereocenters. The Bertz CT molecular complexity index is 337. The Morgan fingerprint density at radius 3 is 2.07 bits per heavy atom. The van der Waals surface area contributed by atoms with Crippen molar-refractivity contribution in [3.63, 3.8) is 0 Å². The molecule has 0 aliphatic heterocycles. The van der Waals surface area contributed by atoms with Gasteiger partial charge in [-0.15, -0.1) is 0 Å². The second-order valence-corrected chi connectivity index (χ2v) is 4.56. The van der Waals surface area contributed by atoms with Gasteiger partial charge in [0.05, 0.1) is 0 Å². The van der Waals surface area contributed by atoms with Crippen LogP contribution in [0.4, 0.5) is 0 Å². The van der Waals surface area contributed by atoms with Crippen LogP contribution < -0.4 is 5.32 Å². The van der Waals surface area contributed by atoms with Gasteiger partial charge in [0.25, 0.3) is 0 Å². The van der Waals surface area contributed by atoms with Gasteiger partial charge in [-0.1, -0.05) is 12.1 Å².